The van der Waals surface area contributed by atoms with Crippen LogP contribution in [0.25, 0.3) is 10.2 Å². The van der Waals surface area contributed by atoms with Crippen molar-refractivity contribution in [2.45, 2.75) is 19.1 Å². The Balaban J connectivity index is 1.64. The van der Waals surface area contributed by atoms with Crippen LogP contribution < -0.4 is 5.32 Å². The van der Waals surface area contributed by atoms with Crippen LogP contribution in [-0.4, -0.2) is 43.6 Å². The Morgan fingerprint density at radius 2 is 2.00 bits per heavy atom. The van der Waals surface area contributed by atoms with Crippen LogP contribution in [0.3, 0.4) is 0 Å². The highest BCUT2D eigenvalue weighted by Crippen LogP contribution is 2.40. The molecular weight excluding hydrogens is 392 g/mol. The normalized spacial score (nSPS) is 14.3. The first-order valence-electron chi connectivity index (χ1n) is 8.94. The molecular formula is C20H18N4O4S. The summed E-state index contributed by atoms with van der Waals surface area (Å²) in [7, 11) is 0. The van der Waals surface area contributed by atoms with Gasteiger partial charge in [0.15, 0.2) is 0 Å². The third-order valence-corrected chi connectivity index (χ3v) is 5.85. The fourth-order valence-corrected chi connectivity index (χ4v) is 4.51. The minimum atomic E-state index is -1.16. The number of hydrogen-bond acceptors (Lipinski definition) is 7. The van der Waals surface area contributed by atoms with Crippen LogP contribution >= 0.6 is 11.3 Å². The van der Waals surface area contributed by atoms with Crippen LogP contribution in [0.1, 0.15) is 22.0 Å². The molecule has 3 N–H and O–H groups in total. The van der Waals surface area contributed by atoms with Gasteiger partial charge in [-0.3, -0.25) is 4.79 Å². The number of rotatable bonds is 6. The van der Waals surface area contributed by atoms with Crippen LogP contribution in [0.2, 0.25) is 0 Å². The van der Waals surface area contributed by atoms with Crippen molar-refractivity contribution in [3.05, 3.63) is 64.8 Å². The number of aliphatic hydroxyl groups is 1. The number of anilines is 1. The monoisotopic (exact) mass is 410 g/mol. The molecule has 0 fully saturated rings. The molecule has 148 valence electrons. The molecule has 0 aliphatic carbocycles. The number of aliphatic hydroxyl groups excluding tert-OH is 1. The second-order valence-corrected chi connectivity index (χ2v) is 7.65. The number of amides is 1. The van der Waals surface area contributed by atoms with Crippen molar-refractivity contribution in [2.24, 2.45) is 0 Å². The molecule has 1 aliphatic rings. The number of carbonyl (C=O) groups is 2. The minimum Gasteiger partial charge on any atom is -0.478 e. The number of benzene rings is 1. The van der Waals surface area contributed by atoms with Crippen LogP contribution in [0.5, 0.6) is 0 Å². The van der Waals surface area contributed by atoms with Gasteiger partial charge in [0.1, 0.15) is 17.0 Å². The van der Waals surface area contributed by atoms with Crippen LogP contribution in [-0.2, 0) is 22.7 Å². The first-order valence-corrected chi connectivity index (χ1v) is 9.76. The summed E-state index contributed by atoms with van der Waals surface area (Å²) >= 11 is 1.49. The number of carboxylic acid groups (broad SMARTS) is 1. The molecule has 1 aromatic carbocycles. The Hall–Kier alpha value is -3.30. The molecule has 0 spiro atoms. The van der Waals surface area contributed by atoms with Crippen LogP contribution in [0.15, 0.2) is 48.8 Å². The van der Waals surface area contributed by atoms with Crippen LogP contribution in [0, 0.1) is 0 Å². The molecule has 1 aliphatic heterocycles. The lowest BCUT2D eigenvalue weighted by atomic mass is 10.1. The third-order valence-electron chi connectivity index (χ3n) is 4.73. The van der Waals surface area contributed by atoms with Crippen molar-refractivity contribution in [1.82, 2.24) is 14.9 Å². The van der Waals surface area contributed by atoms with Gasteiger partial charge in [0.25, 0.3) is 0 Å². The van der Waals surface area contributed by atoms with E-state index in [1.165, 1.54) is 17.7 Å². The van der Waals surface area contributed by atoms with E-state index in [9.17, 15) is 14.7 Å². The molecule has 0 saturated carbocycles. The quantitative estimate of drug-likeness (QED) is 0.534. The van der Waals surface area contributed by atoms with Gasteiger partial charge < -0.3 is 20.4 Å². The highest BCUT2D eigenvalue weighted by atomic mass is 32.1. The lowest BCUT2D eigenvalue weighted by Gasteiger charge is -2.18. The minimum absolute atomic E-state index is 0.105. The summed E-state index contributed by atoms with van der Waals surface area (Å²) in [6.07, 6.45) is 3.39. The van der Waals surface area contributed by atoms with Gasteiger partial charge in [-0.2, -0.15) is 0 Å². The highest BCUT2D eigenvalue weighted by molar-refractivity contribution is 7.19. The number of nitrogens with one attached hydrogen (secondary N) is 1. The summed E-state index contributed by atoms with van der Waals surface area (Å²) in [6, 6.07) is 9.26. The molecule has 2 aromatic heterocycles. The number of nitrogens with zero attached hydrogens (tertiary/aromatic N) is 3. The third kappa shape index (κ3) is 3.82. The molecule has 4 rings (SSSR count). The SMILES string of the molecule is O=C(O)/C=C/C(=O)N1Cc2sc3ncnc(N[C@H](CO)c4ccccc4)c3c2C1. The topological polar surface area (TPSA) is 116 Å². The molecule has 0 radical (unpaired) electrons. The Morgan fingerprint density at radius 1 is 1.21 bits per heavy atom. The van der Waals surface area contributed by atoms with Gasteiger partial charge >= 0.3 is 5.97 Å². The summed E-state index contributed by atoms with van der Waals surface area (Å²) in [5.41, 5.74) is 1.89. The molecule has 1 atom stereocenters. The van der Waals surface area contributed by atoms with Gasteiger partial charge in [0.2, 0.25) is 5.91 Å². The van der Waals surface area contributed by atoms with Crippen molar-refractivity contribution in [3.8, 4) is 0 Å². The van der Waals surface area contributed by atoms with Crippen molar-refractivity contribution in [1.29, 1.82) is 0 Å². The molecule has 9 heteroatoms. The number of carbonyl (C=O) groups excluding carboxylic acids is 1. The number of thiophene rings is 1. The zero-order valence-electron chi connectivity index (χ0n) is 15.3. The number of fused-ring (bicyclic) bond motifs is 3. The Labute approximate surface area is 170 Å². The average Bonchev–Trinajstić information content (AvgIpc) is 3.29. The smallest absolute Gasteiger partial charge is 0.328 e. The van der Waals surface area contributed by atoms with Gasteiger partial charge in [-0.05, 0) is 5.56 Å². The van der Waals surface area contributed by atoms with E-state index in [2.05, 4.69) is 15.3 Å². The van der Waals surface area contributed by atoms with Gasteiger partial charge in [0.05, 0.1) is 24.6 Å². The van der Waals surface area contributed by atoms with Gasteiger partial charge in [0, 0.05) is 29.1 Å². The lowest BCUT2D eigenvalue weighted by molar-refractivity contribution is -0.132. The number of aliphatic carboxylic acids is 1. The fourth-order valence-electron chi connectivity index (χ4n) is 3.35. The van der Waals surface area contributed by atoms with Crippen molar-refractivity contribution >= 4 is 39.2 Å². The van der Waals surface area contributed by atoms with Crippen LogP contribution in [0.4, 0.5) is 5.82 Å². The molecule has 0 bridgehead atoms. The maximum Gasteiger partial charge on any atom is 0.328 e. The van der Waals surface area contributed by atoms with E-state index in [-0.39, 0.29) is 18.6 Å². The second-order valence-electron chi connectivity index (χ2n) is 6.56. The Kier molecular flexibility index (Phi) is 5.24. The van der Waals surface area contributed by atoms with Crippen molar-refractivity contribution in [3.63, 3.8) is 0 Å². The predicted molar refractivity (Wildman–Crippen MR) is 108 cm³/mol. The lowest BCUT2D eigenvalue weighted by Crippen LogP contribution is -2.23. The highest BCUT2D eigenvalue weighted by Gasteiger charge is 2.29. The second kappa shape index (κ2) is 7.98. The zero-order chi connectivity index (χ0) is 20.4. The average molecular weight is 410 g/mol. The van der Waals surface area contributed by atoms with E-state index in [0.717, 1.165) is 38.4 Å². The fraction of sp³-hybridized carbons (Fsp3) is 0.200. The van der Waals surface area contributed by atoms with E-state index < -0.39 is 5.97 Å². The zero-order valence-corrected chi connectivity index (χ0v) is 16.1. The number of aromatic nitrogens is 2. The van der Waals surface area contributed by atoms with E-state index in [0.29, 0.717) is 18.9 Å². The molecule has 3 heterocycles. The first kappa shape index (κ1) is 19.0. The predicted octanol–water partition coefficient (Wildman–Crippen LogP) is 2.32. The van der Waals surface area contributed by atoms with Crippen molar-refractivity contribution in [2.75, 3.05) is 11.9 Å². The molecule has 0 unspecified atom stereocenters. The summed E-state index contributed by atoms with van der Waals surface area (Å²) < 4.78 is 0. The van der Waals surface area contributed by atoms with Gasteiger partial charge in [-0.1, -0.05) is 30.3 Å². The first-order chi connectivity index (χ1) is 14.1. The van der Waals surface area contributed by atoms with Crippen molar-refractivity contribution < 1.29 is 19.8 Å². The maximum atomic E-state index is 12.2. The molecule has 0 saturated heterocycles. The van der Waals surface area contributed by atoms with Gasteiger partial charge in [-0.25, -0.2) is 14.8 Å². The molecule has 1 amide bonds. The summed E-state index contributed by atoms with van der Waals surface area (Å²) in [4.78, 5) is 35.0. The summed E-state index contributed by atoms with van der Waals surface area (Å²) in [5, 5.41) is 22.7. The Bertz CT molecular complexity index is 1100. The summed E-state index contributed by atoms with van der Waals surface area (Å²) in [6.45, 7) is 0.655. The largest absolute Gasteiger partial charge is 0.478 e. The number of hydrogen-bond donors (Lipinski definition) is 3. The molecule has 8 nitrogen and oxygen atoms in total. The summed E-state index contributed by atoms with van der Waals surface area (Å²) in [5.74, 6) is -0.910. The van der Waals surface area contributed by atoms with E-state index >= 15 is 0 Å². The number of carboxylic acids is 1. The standard InChI is InChI=1S/C20H18N4O4S/c25-10-14(12-4-2-1-3-5-12)23-19-18-13-8-24(16(26)6-7-17(27)28)9-15(13)29-20(18)22-11-21-19/h1-7,11,14,25H,8-10H2,(H,27,28)(H,21,22,23)/b7-6+/t14-/m1/s1. The molecule has 29 heavy (non-hydrogen) atoms. The van der Waals surface area contributed by atoms with E-state index in [1.54, 1.807) is 4.90 Å². The Morgan fingerprint density at radius 3 is 2.72 bits per heavy atom. The maximum absolute atomic E-state index is 12.2. The van der Waals surface area contributed by atoms with Gasteiger partial charge in [-0.15, -0.1) is 11.3 Å². The van der Waals surface area contributed by atoms with E-state index in [1.807, 2.05) is 30.3 Å². The van der Waals surface area contributed by atoms with E-state index in [4.69, 9.17) is 5.11 Å². The molecule has 3 aromatic rings.